The molecule has 1 aliphatic carbocycles. The molecule has 1 heterocycles. The van der Waals surface area contributed by atoms with Crippen LogP contribution in [0, 0.1) is 0 Å². The van der Waals surface area contributed by atoms with Crippen LogP contribution in [0.1, 0.15) is 48.4 Å². The molecule has 1 aromatic heterocycles. The summed E-state index contributed by atoms with van der Waals surface area (Å²) >= 11 is 0. The molecule has 1 atom stereocenters. The number of amides is 1. The Morgan fingerprint density at radius 3 is 2.61 bits per heavy atom. The lowest BCUT2D eigenvalue weighted by Crippen LogP contribution is -2.39. The molecule has 0 aliphatic heterocycles. The third-order valence-corrected chi connectivity index (χ3v) is 4.13. The van der Waals surface area contributed by atoms with Gasteiger partial charge in [-0.25, -0.2) is 0 Å². The Morgan fingerprint density at radius 1 is 1.39 bits per heavy atom. The number of carbonyl (C=O) groups is 1. The van der Waals surface area contributed by atoms with Crippen molar-refractivity contribution in [2.45, 2.75) is 38.3 Å². The largest absolute Gasteiger partial charge is 0.497 e. The quantitative estimate of drug-likeness (QED) is 0.886. The molecule has 2 N–H and O–H groups in total. The number of ether oxygens (including phenoxy) is 1. The van der Waals surface area contributed by atoms with Crippen molar-refractivity contribution in [1.29, 1.82) is 0 Å². The summed E-state index contributed by atoms with van der Waals surface area (Å²) in [6.45, 7) is 1.55. The van der Waals surface area contributed by atoms with E-state index in [-0.39, 0.29) is 17.7 Å². The number of nitrogens with zero attached hydrogens (tertiary/aromatic N) is 1. The lowest BCUT2D eigenvalue weighted by molar-refractivity contribution is 0.0904. The van der Waals surface area contributed by atoms with Gasteiger partial charge >= 0.3 is 0 Å². The second-order valence-electron chi connectivity index (χ2n) is 5.78. The predicted octanol–water partition coefficient (Wildman–Crippen LogP) is 2.69. The number of carbonyl (C=O) groups excluding carboxylic acids is 1. The molecular weight excluding hydrogens is 296 g/mol. The van der Waals surface area contributed by atoms with Crippen LogP contribution in [0.15, 0.2) is 28.8 Å². The molecule has 1 aliphatic rings. The summed E-state index contributed by atoms with van der Waals surface area (Å²) in [5.41, 5.74) is 1.47. The van der Waals surface area contributed by atoms with E-state index in [0.717, 1.165) is 24.8 Å². The first-order valence-corrected chi connectivity index (χ1v) is 7.73. The number of methoxy groups -OCH3 is 1. The van der Waals surface area contributed by atoms with Crippen molar-refractivity contribution in [3.63, 3.8) is 0 Å². The maximum Gasteiger partial charge on any atom is 0.257 e. The highest BCUT2D eigenvalue weighted by Crippen LogP contribution is 2.31. The summed E-state index contributed by atoms with van der Waals surface area (Å²) in [5, 5.41) is 16.8. The minimum Gasteiger partial charge on any atom is -0.497 e. The van der Waals surface area contributed by atoms with Crippen LogP contribution < -0.4 is 10.1 Å². The van der Waals surface area contributed by atoms with Gasteiger partial charge in [0.1, 0.15) is 23.1 Å². The molecule has 0 unspecified atom stereocenters. The molecule has 6 heteroatoms. The van der Waals surface area contributed by atoms with E-state index in [0.29, 0.717) is 17.0 Å². The van der Waals surface area contributed by atoms with Gasteiger partial charge in [0.15, 0.2) is 5.76 Å². The second kappa shape index (κ2) is 6.42. The lowest BCUT2D eigenvalue weighted by Gasteiger charge is -2.26. The molecule has 1 amide bonds. The molecule has 122 valence electrons. The van der Waals surface area contributed by atoms with Crippen LogP contribution in [0.25, 0.3) is 11.3 Å². The van der Waals surface area contributed by atoms with E-state index in [2.05, 4.69) is 10.5 Å². The topological polar surface area (TPSA) is 84.6 Å². The first-order valence-electron chi connectivity index (χ1n) is 7.73. The number of aromatic nitrogens is 1. The standard InChI is InChI=1S/C17H20N2O4/c1-10(20)16-14(17(21)18-12-4-3-5-12)15(19-23-16)11-6-8-13(22-2)9-7-11/h6-10,12,20H,3-5H2,1-2H3,(H,18,21)/t10-/m0/s1. The van der Waals surface area contributed by atoms with Crippen molar-refractivity contribution in [3.05, 3.63) is 35.6 Å². The van der Waals surface area contributed by atoms with E-state index in [1.807, 2.05) is 12.1 Å². The maximum atomic E-state index is 12.6. The van der Waals surface area contributed by atoms with Crippen LogP contribution in [-0.4, -0.2) is 29.3 Å². The highest BCUT2D eigenvalue weighted by atomic mass is 16.5. The van der Waals surface area contributed by atoms with Gasteiger partial charge in [-0.2, -0.15) is 0 Å². The first kappa shape index (κ1) is 15.6. The molecule has 2 aromatic rings. The normalized spacial score (nSPS) is 15.8. The number of hydrogen-bond acceptors (Lipinski definition) is 5. The van der Waals surface area contributed by atoms with Crippen LogP contribution in [0.5, 0.6) is 5.75 Å². The fourth-order valence-corrected chi connectivity index (χ4v) is 2.56. The Hall–Kier alpha value is -2.34. The predicted molar refractivity (Wildman–Crippen MR) is 84.2 cm³/mol. The number of benzene rings is 1. The zero-order valence-electron chi connectivity index (χ0n) is 13.2. The average molecular weight is 316 g/mol. The van der Waals surface area contributed by atoms with E-state index in [1.54, 1.807) is 26.2 Å². The van der Waals surface area contributed by atoms with E-state index in [1.165, 1.54) is 0 Å². The van der Waals surface area contributed by atoms with Crippen LogP contribution in [0.3, 0.4) is 0 Å². The molecule has 23 heavy (non-hydrogen) atoms. The minimum absolute atomic E-state index is 0.188. The summed E-state index contributed by atoms with van der Waals surface area (Å²) in [6, 6.07) is 7.40. The maximum absolute atomic E-state index is 12.6. The van der Waals surface area contributed by atoms with E-state index in [4.69, 9.17) is 9.26 Å². The highest BCUT2D eigenvalue weighted by molar-refractivity contribution is 6.01. The Bertz CT molecular complexity index is 687. The molecule has 0 saturated heterocycles. The van der Waals surface area contributed by atoms with Gasteiger partial charge in [-0.05, 0) is 50.5 Å². The van der Waals surface area contributed by atoms with Gasteiger partial charge in [0.05, 0.1) is 7.11 Å². The zero-order valence-corrected chi connectivity index (χ0v) is 13.2. The van der Waals surface area contributed by atoms with Crippen LogP contribution >= 0.6 is 0 Å². The highest BCUT2D eigenvalue weighted by Gasteiger charge is 2.29. The summed E-state index contributed by atoms with van der Waals surface area (Å²) in [6.07, 6.45) is 2.19. The lowest BCUT2D eigenvalue weighted by atomic mass is 9.92. The van der Waals surface area contributed by atoms with E-state index < -0.39 is 6.10 Å². The smallest absolute Gasteiger partial charge is 0.257 e. The Balaban J connectivity index is 1.96. The molecule has 0 radical (unpaired) electrons. The number of rotatable bonds is 5. The van der Waals surface area contributed by atoms with Gasteiger partial charge in [0.25, 0.3) is 5.91 Å². The van der Waals surface area contributed by atoms with Gasteiger partial charge in [-0.15, -0.1) is 0 Å². The monoisotopic (exact) mass is 316 g/mol. The Morgan fingerprint density at radius 2 is 2.09 bits per heavy atom. The van der Waals surface area contributed by atoms with Crippen molar-refractivity contribution in [2.24, 2.45) is 0 Å². The fourth-order valence-electron chi connectivity index (χ4n) is 2.56. The van der Waals surface area contributed by atoms with Gasteiger partial charge in [0.2, 0.25) is 0 Å². The summed E-state index contributed by atoms with van der Waals surface area (Å²) < 4.78 is 10.4. The van der Waals surface area contributed by atoms with Crippen LogP contribution in [0.4, 0.5) is 0 Å². The van der Waals surface area contributed by atoms with Crippen molar-refractivity contribution >= 4 is 5.91 Å². The van der Waals surface area contributed by atoms with Gasteiger partial charge in [-0.3, -0.25) is 4.79 Å². The first-order chi connectivity index (χ1) is 11.1. The van der Waals surface area contributed by atoms with E-state index >= 15 is 0 Å². The summed E-state index contributed by atoms with van der Waals surface area (Å²) in [7, 11) is 1.59. The van der Waals surface area contributed by atoms with Gasteiger partial charge < -0.3 is 19.7 Å². The van der Waals surface area contributed by atoms with Crippen molar-refractivity contribution < 1.29 is 19.2 Å². The number of nitrogens with one attached hydrogen (secondary N) is 1. The van der Waals surface area contributed by atoms with E-state index in [9.17, 15) is 9.90 Å². The van der Waals surface area contributed by atoms with Crippen molar-refractivity contribution in [1.82, 2.24) is 10.5 Å². The number of aliphatic hydroxyl groups excluding tert-OH is 1. The molecule has 0 bridgehead atoms. The molecule has 1 fully saturated rings. The number of aliphatic hydroxyl groups is 1. The minimum atomic E-state index is -0.906. The van der Waals surface area contributed by atoms with Crippen LogP contribution in [0.2, 0.25) is 0 Å². The molecular formula is C17H20N2O4. The average Bonchev–Trinajstić information content (AvgIpc) is 2.96. The third-order valence-electron chi connectivity index (χ3n) is 4.13. The second-order valence-corrected chi connectivity index (χ2v) is 5.78. The van der Waals surface area contributed by atoms with Gasteiger partial charge in [0, 0.05) is 11.6 Å². The molecule has 6 nitrogen and oxygen atoms in total. The zero-order chi connectivity index (χ0) is 16.4. The van der Waals surface area contributed by atoms with Crippen molar-refractivity contribution in [2.75, 3.05) is 7.11 Å². The molecule has 1 saturated carbocycles. The Kier molecular flexibility index (Phi) is 4.34. The molecule has 3 rings (SSSR count). The number of hydrogen-bond donors (Lipinski definition) is 2. The fraction of sp³-hybridized carbons (Fsp3) is 0.412. The van der Waals surface area contributed by atoms with Gasteiger partial charge in [-0.1, -0.05) is 5.16 Å². The molecule has 0 spiro atoms. The molecule has 1 aromatic carbocycles. The van der Waals surface area contributed by atoms with Crippen molar-refractivity contribution in [3.8, 4) is 17.0 Å². The summed E-state index contributed by atoms with van der Waals surface area (Å²) in [4.78, 5) is 12.6. The van der Waals surface area contributed by atoms with Crippen LogP contribution in [-0.2, 0) is 0 Å². The third kappa shape index (κ3) is 3.07. The Labute approximate surface area is 134 Å². The SMILES string of the molecule is COc1ccc(-c2noc([C@H](C)O)c2C(=O)NC2CCC2)cc1. The summed E-state index contributed by atoms with van der Waals surface area (Å²) in [5.74, 6) is 0.652.